The number of nitrogens with zero attached hydrogens (tertiary/aromatic N) is 2. The lowest BCUT2D eigenvalue weighted by Crippen LogP contribution is -2.35. The van der Waals surface area contributed by atoms with E-state index in [1.165, 1.54) is 0 Å². The molecule has 20 heavy (non-hydrogen) atoms. The van der Waals surface area contributed by atoms with Gasteiger partial charge in [-0.1, -0.05) is 0 Å². The van der Waals surface area contributed by atoms with Crippen LogP contribution in [-0.2, 0) is 11.3 Å². The predicted molar refractivity (Wildman–Crippen MR) is 65.9 cm³/mol. The zero-order valence-corrected chi connectivity index (χ0v) is 11.6. The Morgan fingerprint density at radius 2 is 2.30 bits per heavy atom. The summed E-state index contributed by atoms with van der Waals surface area (Å²) in [7, 11) is 0. The van der Waals surface area contributed by atoms with Crippen LogP contribution in [0.5, 0.6) is 0 Å². The second kappa shape index (κ2) is 5.68. The lowest BCUT2D eigenvalue weighted by Gasteiger charge is -2.09. The van der Waals surface area contributed by atoms with E-state index in [1.807, 2.05) is 0 Å². The maximum atomic E-state index is 12.9. The lowest BCUT2D eigenvalue weighted by atomic mass is 10.2. The van der Waals surface area contributed by atoms with Gasteiger partial charge in [-0.2, -0.15) is 18.3 Å². The van der Waals surface area contributed by atoms with Crippen molar-refractivity contribution >= 4 is 27.7 Å². The van der Waals surface area contributed by atoms with Gasteiger partial charge < -0.3 is 10.6 Å². The SMILES string of the molecule is O=C(Nc1nn(CC(F)(F)F)cc1Br)[C@@H]1C[C@@H](F)CN1. The van der Waals surface area contributed by atoms with Crippen LogP contribution in [0.25, 0.3) is 0 Å². The molecule has 1 amide bonds. The van der Waals surface area contributed by atoms with E-state index in [1.54, 1.807) is 0 Å². The summed E-state index contributed by atoms with van der Waals surface area (Å²) in [5.74, 6) is -0.550. The van der Waals surface area contributed by atoms with Crippen LogP contribution >= 0.6 is 15.9 Å². The van der Waals surface area contributed by atoms with Crippen molar-refractivity contribution in [2.24, 2.45) is 0 Å². The first-order valence-corrected chi connectivity index (χ1v) is 6.52. The number of anilines is 1. The van der Waals surface area contributed by atoms with Gasteiger partial charge in [-0.05, 0) is 15.9 Å². The van der Waals surface area contributed by atoms with Gasteiger partial charge in [0.2, 0.25) is 5.91 Å². The van der Waals surface area contributed by atoms with Crippen LogP contribution in [0.4, 0.5) is 23.4 Å². The number of halogens is 5. The monoisotopic (exact) mass is 358 g/mol. The Hall–Kier alpha value is -1.16. The fourth-order valence-electron chi connectivity index (χ4n) is 1.84. The Morgan fingerprint density at radius 1 is 1.60 bits per heavy atom. The smallest absolute Gasteiger partial charge is 0.307 e. The van der Waals surface area contributed by atoms with E-state index in [0.717, 1.165) is 6.20 Å². The normalized spacial score (nSPS) is 23.1. The maximum Gasteiger partial charge on any atom is 0.408 e. The van der Waals surface area contributed by atoms with Crippen LogP contribution in [0, 0.1) is 0 Å². The van der Waals surface area contributed by atoms with Gasteiger partial charge in [0.1, 0.15) is 12.7 Å². The Morgan fingerprint density at radius 3 is 2.85 bits per heavy atom. The fourth-order valence-corrected chi connectivity index (χ4v) is 2.26. The van der Waals surface area contributed by atoms with Crippen molar-refractivity contribution in [1.82, 2.24) is 15.1 Å². The number of rotatable bonds is 3. The summed E-state index contributed by atoms with van der Waals surface area (Å²) in [5.41, 5.74) is 0. The molecule has 10 heteroatoms. The molecule has 1 aliphatic rings. The molecule has 0 radical (unpaired) electrons. The molecule has 2 atom stereocenters. The molecule has 2 N–H and O–H groups in total. The van der Waals surface area contributed by atoms with E-state index in [-0.39, 0.29) is 23.3 Å². The summed E-state index contributed by atoms with van der Waals surface area (Å²) >= 11 is 3.01. The molecule has 2 rings (SSSR count). The van der Waals surface area contributed by atoms with Crippen LogP contribution in [-0.4, -0.2) is 40.6 Å². The minimum atomic E-state index is -4.40. The number of aromatic nitrogens is 2. The standard InChI is InChI=1S/C10H11BrF4N4O/c11-6-3-19(4-10(13,14)15)18-8(6)17-9(20)7-1-5(12)2-16-7/h3,5,7,16H,1-2,4H2,(H,17,18,20)/t5-,7+/m1/s1. The molecular formula is C10H11BrF4N4O. The second-order valence-corrected chi connectivity index (χ2v) is 5.28. The third-order valence-electron chi connectivity index (χ3n) is 2.69. The predicted octanol–water partition coefficient (Wildman–Crippen LogP) is 1.85. The first-order valence-electron chi connectivity index (χ1n) is 5.72. The minimum absolute atomic E-state index is 0.0247. The highest BCUT2D eigenvalue weighted by molar-refractivity contribution is 9.10. The molecular weight excluding hydrogens is 348 g/mol. The Labute approximate surface area is 119 Å². The molecule has 1 aromatic rings. The molecule has 2 heterocycles. The number of carbonyl (C=O) groups is 1. The largest absolute Gasteiger partial charge is 0.408 e. The molecule has 0 unspecified atom stereocenters. The number of amides is 1. The summed E-state index contributed by atoms with van der Waals surface area (Å²) in [6.45, 7) is -1.17. The first-order chi connectivity index (χ1) is 9.24. The molecule has 1 aromatic heterocycles. The first kappa shape index (κ1) is 15.2. The van der Waals surface area contributed by atoms with Gasteiger partial charge in [0, 0.05) is 19.2 Å². The van der Waals surface area contributed by atoms with E-state index >= 15 is 0 Å². The minimum Gasteiger partial charge on any atom is -0.307 e. The summed E-state index contributed by atoms with van der Waals surface area (Å²) < 4.78 is 50.5. The Bertz CT molecular complexity index is 504. The van der Waals surface area contributed by atoms with Crippen LogP contribution in [0.15, 0.2) is 10.7 Å². The number of hydrogen-bond acceptors (Lipinski definition) is 3. The van der Waals surface area contributed by atoms with Crippen molar-refractivity contribution in [1.29, 1.82) is 0 Å². The quantitative estimate of drug-likeness (QED) is 0.810. The molecule has 112 valence electrons. The average Bonchev–Trinajstić information content (AvgIpc) is 2.84. The van der Waals surface area contributed by atoms with E-state index in [0.29, 0.717) is 4.68 Å². The number of nitrogens with one attached hydrogen (secondary N) is 2. The van der Waals surface area contributed by atoms with Gasteiger partial charge in [0.15, 0.2) is 5.82 Å². The van der Waals surface area contributed by atoms with Crippen molar-refractivity contribution in [2.75, 3.05) is 11.9 Å². The highest BCUT2D eigenvalue weighted by atomic mass is 79.9. The fraction of sp³-hybridized carbons (Fsp3) is 0.600. The topological polar surface area (TPSA) is 59.0 Å². The second-order valence-electron chi connectivity index (χ2n) is 4.42. The van der Waals surface area contributed by atoms with Crippen LogP contribution in [0.1, 0.15) is 6.42 Å². The van der Waals surface area contributed by atoms with Crippen LogP contribution in [0.3, 0.4) is 0 Å². The highest BCUT2D eigenvalue weighted by Gasteiger charge is 2.31. The van der Waals surface area contributed by atoms with Crippen molar-refractivity contribution in [3.05, 3.63) is 10.7 Å². The molecule has 0 spiro atoms. The summed E-state index contributed by atoms with van der Waals surface area (Å²) in [6.07, 6.45) is -4.35. The van der Waals surface area contributed by atoms with Crippen molar-refractivity contribution in [2.45, 2.75) is 31.4 Å². The van der Waals surface area contributed by atoms with Crippen LogP contribution in [0.2, 0.25) is 0 Å². The van der Waals surface area contributed by atoms with Gasteiger partial charge >= 0.3 is 6.18 Å². The van der Waals surface area contributed by atoms with Crippen molar-refractivity contribution < 1.29 is 22.4 Å². The van der Waals surface area contributed by atoms with E-state index in [4.69, 9.17) is 0 Å². The van der Waals surface area contributed by atoms with Gasteiger partial charge in [0.05, 0.1) is 10.5 Å². The maximum absolute atomic E-state index is 12.9. The van der Waals surface area contributed by atoms with Gasteiger partial charge in [-0.15, -0.1) is 0 Å². The molecule has 1 fully saturated rings. The van der Waals surface area contributed by atoms with E-state index in [2.05, 4.69) is 31.7 Å². The van der Waals surface area contributed by atoms with Crippen LogP contribution < -0.4 is 10.6 Å². The lowest BCUT2D eigenvalue weighted by molar-refractivity contribution is -0.142. The molecule has 1 saturated heterocycles. The van der Waals surface area contributed by atoms with E-state index in [9.17, 15) is 22.4 Å². The molecule has 0 saturated carbocycles. The van der Waals surface area contributed by atoms with Gasteiger partial charge in [-0.25, -0.2) is 4.39 Å². The zero-order chi connectivity index (χ0) is 14.9. The number of alkyl halides is 4. The Balaban J connectivity index is 2.01. The highest BCUT2D eigenvalue weighted by Crippen LogP contribution is 2.24. The number of hydrogen-bond donors (Lipinski definition) is 2. The molecule has 0 aliphatic carbocycles. The van der Waals surface area contributed by atoms with Gasteiger partial charge in [0.25, 0.3) is 0 Å². The average molecular weight is 359 g/mol. The summed E-state index contributed by atoms with van der Waals surface area (Å²) in [4.78, 5) is 11.8. The third kappa shape index (κ3) is 3.92. The molecule has 0 bridgehead atoms. The van der Waals surface area contributed by atoms with E-state index < -0.39 is 30.8 Å². The van der Waals surface area contributed by atoms with Gasteiger partial charge in [-0.3, -0.25) is 9.48 Å². The summed E-state index contributed by atoms with van der Waals surface area (Å²) in [6, 6.07) is -0.704. The summed E-state index contributed by atoms with van der Waals surface area (Å²) in [5, 5.41) is 8.66. The Kier molecular flexibility index (Phi) is 4.33. The zero-order valence-electron chi connectivity index (χ0n) is 10.0. The molecule has 1 aliphatic heterocycles. The molecule has 5 nitrogen and oxygen atoms in total. The third-order valence-corrected chi connectivity index (χ3v) is 3.27. The van der Waals surface area contributed by atoms with Crippen molar-refractivity contribution in [3.8, 4) is 0 Å². The van der Waals surface area contributed by atoms with Crippen molar-refractivity contribution in [3.63, 3.8) is 0 Å². The molecule has 0 aromatic carbocycles. The number of carbonyl (C=O) groups excluding carboxylic acids is 1.